The average molecular weight is 295 g/mol. The highest BCUT2D eigenvalue weighted by Crippen LogP contribution is 2.28. The fourth-order valence-corrected chi connectivity index (χ4v) is 4.90. The van der Waals surface area contributed by atoms with Crippen molar-refractivity contribution in [3.8, 4) is 0 Å². The first kappa shape index (κ1) is 15.5. The zero-order valence-electron chi connectivity index (χ0n) is 12.2. The van der Waals surface area contributed by atoms with E-state index in [1.54, 1.807) is 0 Å². The Morgan fingerprint density at radius 2 is 2.05 bits per heavy atom. The maximum atomic E-state index is 11.7. The van der Waals surface area contributed by atoms with E-state index >= 15 is 0 Å². The quantitative estimate of drug-likeness (QED) is 0.785. The summed E-state index contributed by atoms with van der Waals surface area (Å²) in [6, 6.07) is 10.4. The van der Waals surface area contributed by atoms with Crippen molar-refractivity contribution in [3.63, 3.8) is 0 Å². The van der Waals surface area contributed by atoms with Crippen LogP contribution in [0.2, 0.25) is 0 Å². The second kappa shape index (κ2) is 7.23. The molecule has 1 aromatic carbocycles. The molecule has 0 spiro atoms. The molecular weight excluding hydrogens is 270 g/mol. The number of benzene rings is 1. The predicted molar refractivity (Wildman–Crippen MR) is 83.6 cm³/mol. The third-order valence-corrected chi connectivity index (χ3v) is 5.90. The van der Waals surface area contributed by atoms with Crippen molar-refractivity contribution in [1.82, 2.24) is 5.32 Å². The van der Waals surface area contributed by atoms with Crippen LogP contribution in [0.15, 0.2) is 30.3 Å². The Hall–Kier alpha value is -0.870. The van der Waals surface area contributed by atoms with Gasteiger partial charge in [-0.05, 0) is 49.8 Å². The standard InChI is InChI=1S/C16H25NO2S/c1-2-9-17-12-16(11-14-6-4-3-5-7-14)15-8-10-20(18,19)13-15/h3-7,15-17H,2,8-13H2,1H3. The van der Waals surface area contributed by atoms with Crippen LogP contribution in [-0.2, 0) is 16.3 Å². The average Bonchev–Trinajstić information content (AvgIpc) is 2.79. The van der Waals surface area contributed by atoms with E-state index in [0.717, 1.165) is 32.4 Å². The summed E-state index contributed by atoms with van der Waals surface area (Å²) in [4.78, 5) is 0. The van der Waals surface area contributed by atoms with Crippen molar-refractivity contribution in [1.29, 1.82) is 0 Å². The van der Waals surface area contributed by atoms with Crippen LogP contribution in [0.1, 0.15) is 25.3 Å². The molecule has 112 valence electrons. The Kier molecular flexibility index (Phi) is 5.61. The van der Waals surface area contributed by atoms with E-state index in [9.17, 15) is 8.42 Å². The molecule has 1 aliphatic heterocycles. The minimum atomic E-state index is -2.79. The first-order chi connectivity index (χ1) is 9.61. The van der Waals surface area contributed by atoms with Gasteiger partial charge in [0.1, 0.15) is 0 Å². The molecule has 1 aromatic rings. The first-order valence-electron chi connectivity index (χ1n) is 7.56. The van der Waals surface area contributed by atoms with Crippen LogP contribution in [0, 0.1) is 11.8 Å². The molecule has 0 saturated carbocycles. The predicted octanol–water partition coefficient (Wildman–Crippen LogP) is 2.28. The molecule has 0 radical (unpaired) electrons. The summed E-state index contributed by atoms with van der Waals surface area (Å²) in [6.07, 6.45) is 2.91. The van der Waals surface area contributed by atoms with Crippen molar-refractivity contribution in [2.75, 3.05) is 24.6 Å². The van der Waals surface area contributed by atoms with Gasteiger partial charge in [-0.25, -0.2) is 8.42 Å². The molecule has 2 atom stereocenters. The van der Waals surface area contributed by atoms with Gasteiger partial charge in [0.15, 0.2) is 9.84 Å². The van der Waals surface area contributed by atoms with Gasteiger partial charge in [-0.15, -0.1) is 0 Å². The van der Waals surface area contributed by atoms with Gasteiger partial charge in [-0.3, -0.25) is 0 Å². The lowest BCUT2D eigenvalue weighted by atomic mass is 9.86. The molecule has 2 unspecified atom stereocenters. The third-order valence-electron chi connectivity index (χ3n) is 4.11. The molecule has 20 heavy (non-hydrogen) atoms. The largest absolute Gasteiger partial charge is 0.316 e. The summed E-state index contributed by atoms with van der Waals surface area (Å²) in [5.41, 5.74) is 1.31. The highest BCUT2D eigenvalue weighted by Gasteiger charge is 2.33. The Morgan fingerprint density at radius 1 is 1.30 bits per heavy atom. The maximum absolute atomic E-state index is 11.7. The summed E-state index contributed by atoms with van der Waals surface area (Å²) in [5.74, 6) is 1.47. The topological polar surface area (TPSA) is 46.2 Å². The van der Waals surface area contributed by atoms with Gasteiger partial charge in [-0.2, -0.15) is 0 Å². The number of nitrogens with one attached hydrogen (secondary N) is 1. The van der Waals surface area contributed by atoms with E-state index < -0.39 is 9.84 Å². The second-order valence-corrected chi connectivity index (χ2v) is 8.05. The highest BCUT2D eigenvalue weighted by molar-refractivity contribution is 7.91. The fraction of sp³-hybridized carbons (Fsp3) is 0.625. The van der Waals surface area contributed by atoms with Crippen molar-refractivity contribution >= 4 is 9.84 Å². The van der Waals surface area contributed by atoms with Crippen molar-refractivity contribution in [3.05, 3.63) is 35.9 Å². The molecule has 4 heteroatoms. The Balaban J connectivity index is 2.01. The third kappa shape index (κ3) is 4.60. The minimum absolute atomic E-state index is 0.310. The molecule has 0 aliphatic carbocycles. The summed E-state index contributed by atoms with van der Waals surface area (Å²) in [6.45, 7) is 4.08. The van der Waals surface area contributed by atoms with Gasteiger partial charge >= 0.3 is 0 Å². The minimum Gasteiger partial charge on any atom is -0.316 e. The second-order valence-electron chi connectivity index (χ2n) is 5.82. The van der Waals surface area contributed by atoms with Crippen LogP contribution in [0.3, 0.4) is 0 Å². The van der Waals surface area contributed by atoms with Gasteiger partial charge in [-0.1, -0.05) is 37.3 Å². The summed E-state index contributed by atoms with van der Waals surface area (Å²) in [7, 11) is -2.79. The van der Waals surface area contributed by atoms with Crippen LogP contribution in [0.4, 0.5) is 0 Å². The molecule has 3 nitrogen and oxygen atoms in total. The molecule has 1 N–H and O–H groups in total. The zero-order valence-corrected chi connectivity index (χ0v) is 13.0. The number of sulfone groups is 1. The summed E-state index contributed by atoms with van der Waals surface area (Å²) in [5, 5.41) is 3.46. The van der Waals surface area contributed by atoms with Crippen LogP contribution in [-0.4, -0.2) is 33.0 Å². The Morgan fingerprint density at radius 3 is 2.65 bits per heavy atom. The van der Waals surface area contributed by atoms with Crippen LogP contribution in [0.5, 0.6) is 0 Å². The zero-order chi connectivity index (χ0) is 14.4. The first-order valence-corrected chi connectivity index (χ1v) is 9.38. The van der Waals surface area contributed by atoms with Gasteiger partial charge in [0, 0.05) is 0 Å². The highest BCUT2D eigenvalue weighted by atomic mass is 32.2. The maximum Gasteiger partial charge on any atom is 0.150 e. The number of hydrogen-bond donors (Lipinski definition) is 1. The fourth-order valence-electron chi connectivity index (χ4n) is 2.98. The molecule has 1 fully saturated rings. The van der Waals surface area contributed by atoms with Crippen LogP contribution < -0.4 is 5.32 Å². The lowest BCUT2D eigenvalue weighted by molar-refractivity contribution is 0.343. The van der Waals surface area contributed by atoms with E-state index in [1.165, 1.54) is 5.56 Å². The van der Waals surface area contributed by atoms with E-state index in [1.807, 2.05) is 6.07 Å². The normalized spacial score (nSPS) is 22.8. The molecule has 1 heterocycles. The molecular formula is C16H25NO2S. The van der Waals surface area contributed by atoms with Crippen molar-refractivity contribution in [2.45, 2.75) is 26.2 Å². The SMILES string of the molecule is CCCNCC(Cc1ccccc1)C1CCS(=O)(=O)C1. The molecule has 0 amide bonds. The lowest BCUT2D eigenvalue weighted by Crippen LogP contribution is -2.31. The Bertz CT molecular complexity index is 498. The molecule has 2 rings (SSSR count). The van der Waals surface area contributed by atoms with Gasteiger partial charge in [0.25, 0.3) is 0 Å². The lowest BCUT2D eigenvalue weighted by Gasteiger charge is -2.23. The van der Waals surface area contributed by atoms with Gasteiger partial charge < -0.3 is 5.32 Å². The van der Waals surface area contributed by atoms with Crippen molar-refractivity contribution < 1.29 is 8.42 Å². The van der Waals surface area contributed by atoms with Gasteiger partial charge in [0.05, 0.1) is 11.5 Å². The van der Waals surface area contributed by atoms with Crippen LogP contribution in [0.25, 0.3) is 0 Å². The van der Waals surface area contributed by atoms with E-state index in [2.05, 4.69) is 36.5 Å². The monoisotopic (exact) mass is 295 g/mol. The molecule has 1 saturated heterocycles. The van der Waals surface area contributed by atoms with Gasteiger partial charge in [0.2, 0.25) is 0 Å². The Labute approximate surface area is 122 Å². The summed E-state index contributed by atoms with van der Waals surface area (Å²) >= 11 is 0. The summed E-state index contributed by atoms with van der Waals surface area (Å²) < 4.78 is 23.4. The van der Waals surface area contributed by atoms with E-state index in [0.29, 0.717) is 23.3 Å². The molecule has 0 bridgehead atoms. The van der Waals surface area contributed by atoms with E-state index in [-0.39, 0.29) is 0 Å². The molecule has 1 aliphatic rings. The van der Waals surface area contributed by atoms with E-state index in [4.69, 9.17) is 0 Å². The van der Waals surface area contributed by atoms with Crippen LogP contribution >= 0.6 is 0 Å². The number of hydrogen-bond acceptors (Lipinski definition) is 3. The smallest absolute Gasteiger partial charge is 0.150 e. The number of rotatable bonds is 7. The molecule has 0 aromatic heterocycles. The van der Waals surface area contributed by atoms with Crippen molar-refractivity contribution in [2.24, 2.45) is 11.8 Å².